The Kier molecular flexibility index (Phi) is 5.58. The molecule has 1 saturated heterocycles. The molecule has 0 amide bonds. The maximum atomic E-state index is 5.57. The predicted molar refractivity (Wildman–Crippen MR) is 64.2 cm³/mol. The van der Waals surface area contributed by atoms with Gasteiger partial charge in [0.25, 0.3) is 0 Å². The summed E-state index contributed by atoms with van der Waals surface area (Å²) in [5.41, 5.74) is 0.361. The molecule has 3 nitrogen and oxygen atoms in total. The Labute approximate surface area is 94.2 Å². The quantitative estimate of drug-likeness (QED) is 0.692. The van der Waals surface area contributed by atoms with Gasteiger partial charge in [-0.15, -0.1) is 0 Å². The molecular formula is C12H26N2O. The number of ether oxygens (including phenoxy) is 1. The Morgan fingerprint density at radius 2 is 2.20 bits per heavy atom. The lowest BCUT2D eigenvalue weighted by atomic mass is 9.86. The van der Waals surface area contributed by atoms with Crippen molar-refractivity contribution in [1.29, 1.82) is 0 Å². The van der Waals surface area contributed by atoms with Crippen LogP contribution >= 0.6 is 0 Å². The van der Waals surface area contributed by atoms with Crippen LogP contribution in [0.4, 0.5) is 0 Å². The highest BCUT2D eigenvalue weighted by atomic mass is 16.5. The number of rotatable bonds is 7. The van der Waals surface area contributed by atoms with Gasteiger partial charge in [0.05, 0.1) is 6.61 Å². The van der Waals surface area contributed by atoms with E-state index in [-0.39, 0.29) is 0 Å². The summed E-state index contributed by atoms with van der Waals surface area (Å²) in [6, 6.07) is 0. The fraction of sp³-hybridized carbons (Fsp3) is 1.00. The van der Waals surface area contributed by atoms with Crippen LogP contribution in [0.15, 0.2) is 0 Å². The lowest BCUT2D eigenvalue weighted by molar-refractivity contribution is 0.119. The van der Waals surface area contributed by atoms with Crippen molar-refractivity contribution in [2.24, 2.45) is 5.41 Å². The standard InChI is InChI=1S/C12H26N2O/c1-4-7-14(3)10-12(9-13-5-2)6-8-15-11-12/h13H,4-11H2,1-3H3. The van der Waals surface area contributed by atoms with Gasteiger partial charge in [0.1, 0.15) is 0 Å². The van der Waals surface area contributed by atoms with Crippen LogP contribution in [-0.4, -0.2) is 51.3 Å². The molecule has 90 valence electrons. The van der Waals surface area contributed by atoms with Crippen molar-refractivity contribution in [3.63, 3.8) is 0 Å². The van der Waals surface area contributed by atoms with Crippen LogP contribution < -0.4 is 5.32 Å². The molecule has 0 aromatic heterocycles. The molecule has 1 heterocycles. The second-order valence-electron chi connectivity index (χ2n) is 4.82. The van der Waals surface area contributed by atoms with E-state index < -0.39 is 0 Å². The summed E-state index contributed by atoms with van der Waals surface area (Å²) in [4.78, 5) is 2.44. The smallest absolute Gasteiger partial charge is 0.0547 e. The average Bonchev–Trinajstić information content (AvgIpc) is 2.64. The molecule has 1 aliphatic rings. The molecule has 1 rings (SSSR count). The molecule has 1 N–H and O–H groups in total. The van der Waals surface area contributed by atoms with E-state index in [0.717, 1.165) is 32.8 Å². The van der Waals surface area contributed by atoms with Crippen LogP contribution in [0.1, 0.15) is 26.7 Å². The van der Waals surface area contributed by atoms with E-state index in [0.29, 0.717) is 5.41 Å². The molecule has 1 aliphatic heterocycles. The Hall–Kier alpha value is -0.120. The summed E-state index contributed by atoms with van der Waals surface area (Å²) in [5, 5.41) is 3.47. The van der Waals surface area contributed by atoms with Gasteiger partial charge in [-0.2, -0.15) is 0 Å². The molecule has 3 heteroatoms. The SMILES string of the molecule is CCCN(C)CC1(CNCC)CCOC1. The van der Waals surface area contributed by atoms with Gasteiger partial charge < -0.3 is 15.0 Å². The first-order chi connectivity index (χ1) is 7.22. The molecule has 1 fully saturated rings. The first kappa shape index (κ1) is 12.9. The zero-order chi connectivity index (χ0) is 11.1. The first-order valence-corrected chi connectivity index (χ1v) is 6.19. The average molecular weight is 214 g/mol. The second-order valence-corrected chi connectivity index (χ2v) is 4.82. The minimum absolute atomic E-state index is 0.361. The van der Waals surface area contributed by atoms with Crippen molar-refractivity contribution in [3.05, 3.63) is 0 Å². The number of nitrogens with zero attached hydrogens (tertiary/aromatic N) is 1. The lowest BCUT2D eigenvalue weighted by Gasteiger charge is -2.32. The van der Waals surface area contributed by atoms with Crippen molar-refractivity contribution < 1.29 is 4.74 Å². The number of hydrogen-bond donors (Lipinski definition) is 1. The van der Waals surface area contributed by atoms with E-state index in [1.807, 2.05) is 0 Å². The minimum Gasteiger partial charge on any atom is -0.381 e. The zero-order valence-electron chi connectivity index (χ0n) is 10.5. The van der Waals surface area contributed by atoms with E-state index in [1.165, 1.54) is 19.4 Å². The Balaban J connectivity index is 2.41. The molecule has 1 atom stereocenters. The Morgan fingerprint density at radius 3 is 2.73 bits per heavy atom. The van der Waals surface area contributed by atoms with Crippen molar-refractivity contribution in [3.8, 4) is 0 Å². The summed E-state index contributed by atoms with van der Waals surface area (Å²) >= 11 is 0. The molecule has 0 radical (unpaired) electrons. The van der Waals surface area contributed by atoms with E-state index in [2.05, 4.69) is 31.1 Å². The summed E-state index contributed by atoms with van der Waals surface area (Å²) in [7, 11) is 2.22. The summed E-state index contributed by atoms with van der Waals surface area (Å²) in [5.74, 6) is 0. The van der Waals surface area contributed by atoms with Crippen LogP contribution in [0.25, 0.3) is 0 Å². The normalized spacial score (nSPS) is 26.4. The van der Waals surface area contributed by atoms with Crippen molar-refractivity contribution >= 4 is 0 Å². The largest absolute Gasteiger partial charge is 0.381 e. The van der Waals surface area contributed by atoms with Crippen LogP contribution in [0.3, 0.4) is 0 Å². The summed E-state index contributed by atoms with van der Waals surface area (Å²) in [6.07, 6.45) is 2.43. The summed E-state index contributed by atoms with van der Waals surface area (Å²) < 4.78 is 5.57. The predicted octanol–water partition coefficient (Wildman–Crippen LogP) is 1.34. The third-order valence-corrected chi connectivity index (χ3v) is 3.15. The third-order valence-electron chi connectivity index (χ3n) is 3.15. The monoisotopic (exact) mass is 214 g/mol. The topological polar surface area (TPSA) is 24.5 Å². The molecular weight excluding hydrogens is 188 g/mol. The van der Waals surface area contributed by atoms with Gasteiger partial charge in [0, 0.05) is 25.1 Å². The van der Waals surface area contributed by atoms with Gasteiger partial charge in [-0.25, -0.2) is 0 Å². The highest BCUT2D eigenvalue weighted by Gasteiger charge is 2.35. The molecule has 0 aromatic carbocycles. The van der Waals surface area contributed by atoms with Crippen LogP contribution in [-0.2, 0) is 4.74 Å². The second kappa shape index (κ2) is 6.46. The number of hydrogen-bond acceptors (Lipinski definition) is 3. The molecule has 0 aliphatic carbocycles. The number of nitrogens with one attached hydrogen (secondary N) is 1. The highest BCUT2D eigenvalue weighted by Crippen LogP contribution is 2.28. The molecule has 0 saturated carbocycles. The molecule has 0 aromatic rings. The zero-order valence-corrected chi connectivity index (χ0v) is 10.5. The van der Waals surface area contributed by atoms with Crippen LogP contribution in [0.2, 0.25) is 0 Å². The fourth-order valence-corrected chi connectivity index (χ4v) is 2.39. The van der Waals surface area contributed by atoms with E-state index >= 15 is 0 Å². The Morgan fingerprint density at radius 1 is 1.40 bits per heavy atom. The molecule has 15 heavy (non-hydrogen) atoms. The third kappa shape index (κ3) is 4.09. The minimum atomic E-state index is 0.361. The van der Waals surface area contributed by atoms with Gasteiger partial charge in [0.15, 0.2) is 0 Å². The maximum Gasteiger partial charge on any atom is 0.0547 e. The van der Waals surface area contributed by atoms with E-state index in [1.54, 1.807) is 0 Å². The maximum absolute atomic E-state index is 5.57. The van der Waals surface area contributed by atoms with Gasteiger partial charge in [0.2, 0.25) is 0 Å². The van der Waals surface area contributed by atoms with E-state index in [4.69, 9.17) is 4.74 Å². The first-order valence-electron chi connectivity index (χ1n) is 6.19. The Bertz CT molecular complexity index is 167. The lowest BCUT2D eigenvalue weighted by Crippen LogP contribution is -2.43. The van der Waals surface area contributed by atoms with Gasteiger partial charge >= 0.3 is 0 Å². The van der Waals surface area contributed by atoms with Crippen LogP contribution in [0.5, 0.6) is 0 Å². The molecule has 0 bridgehead atoms. The summed E-state index contributed by atoms with van der Waals surface area (Å²) in [6.45, 7) is 10.8. The molecule has 0 spiro atoms. The van der Waals surface area contributed by atoms with Gasteiger partial charge in [-0.05, 0) is 33.0 Å². The van der Waals surface area contributed by atoms with Crippen molar-refractivity contribution in [1.82, 2.24) is 10.2 Å². The van der Waals surface area contributed by atoms with Gasteiger partial charge in [-0.1, -0.05) is 13.8 Å². The fourth-order valence-electron chi connectivity index (χ4n) is 2.39. The highest BCUT2D eigenvalue weighted by molar-refractivity contribution is 4.87. The van der Waals surface area contributed by atoms with E-state index in [9.17, 15) is 0 Å². The van der Waals surface area contributed by atoms with Crippen molar-refractivity contribution in [2.75, 3.05) is 46.4 Å². The van der Waals surface area contributed by atoms with Gasteiger partial charge in [-0.3, -0.25) is 0 Å². The van der Waals surface area contributed by atoms with Crippen LogP contribution in [0, 0.1) is 5.41 Å². The molecule has 1 unspecified atom stereocenters. The van der Waals surface area contributed by atoms with Crippen molar-refractivity contribution in [2.45, 2.75) is 26.7 Å².